The fourth-order valence-corrected chi connectivity index (χ4v) is 1.11. The minimum absolute atomic E-state index is 0.245. The lowest BCUT2D eigenvalue weighted by atomic mass is 10.2. The molecule has 0 heterocycles. The zero-order valence-corrected chi connectivity index (χ0v) is 10.2. The lowest BCUT2D eigenvalue weighted by molar-refractivity contribution is -0.0108. The molecule has 0 aliphatic heterocycles. The van der Waals surface area contributed by atoms with E-state index >= 15 is 0 Å². The van der Waals surface area contributed by atoms with Crippen LogP contribution in [0.3, 0.4) is 0 Å². The van der Waals surface area contributed by atoms with Gasteiger partial charge in [0.1, 0.15) is 12.2 Å². The SMILES string of the molecule is Cc1ccc(COC(=O)OC(C)(C)C)cc1. The van der Waals surface area contributed by atoms with Crippen LogP contribution in [0.2, 0.25) is 0 Å². The molecule has 0 saturated heterocycles. The highest BCUT2D eigenvalue weighted by Gasteiger charge is 2.17. The third kappa shape index (κ3) is 4.82. The summed E-state index contributed by atoms with van der Waals surface area (Å²) in [5.74, 6) is 0. The van der Waals surface area contributed by atoms with E-state index in [-0.39, 0.29) is 6.61 Å². The first-order chi connectivity index (χ1) is 7.37. The largest absolute Gasteiger partial charge is 0.509 e. The zero-order chi connectivity index (χ0) is 12.2. The Morgan fingerprint density at radius 3 is 2.25 bits per heavy atom. The molecule has 16 heavy (non-hydrogen) atoms. The molecule has 0 aromatic heterocycles. The van der Waals surface area contributed by atoms with E-state index in [2.05, 4.69) is 0 Å². The Labute approximate surface area is 96.4 Å². The molecule has 0 aliphatic rings. The van der Waals surface area contributed by atoms with Crippen molar-refractivity contribution in [2.45, 2.75) is 39.9 Å². The molecule has 88 valence electrons. The van der Waals surface area contributed by atoms with Crippen molar-refractivity contribution in [1.82, 2.24) is 0 Å². The highest BCUT2D eigenvalue weighted by atomic mass is 16.7. The van der Waals surface area contributed by atoms with Crippen LogP contribution in [-0.4, -0.2) is 11.8 Å². The Balaban J connectivity index is 2.40. The average molecular weight is 222 g/mol. The number of aryl methyl sites for hydroxylation is 1. The van der Waals surface area contributed by atoms with Gasteiger partial charge < -0.3 is 9.47 Å². The van der Waals surface area contributed by atoms with E-state index in [1.54, 1.807) is 20.8 Å². The maximum absolute atomic E-state index is 11.3. The van der Waals surface area contributed by atoms with Gasteiger partial charge in [-0.05, 0) is 33.3 Å². The number of hydrogen-bond donors (Lipinski definition) is 0. The van der Waals surface area contributed by atoms with Gasteiger partial charge in [-0.1, -0.05) is 29.8 Å². The molecule has 0 amide bonds. The smallest absolute Gasteiger partial charge is 0.429 e. The van der Waals surface area contributed by atoms with E-state index in [0.29, 0.717) is 0 Å². The van der Waals surface area contributed by atoms with Crippen LogP contribution in [0.5, 0.6) is 0 Å². The van der Waals surface area contributed by atoms with Crippen molar-refractivity contribution in [1.29, 1.82) is 0 Å². The van der Waals surface area contributed by atoms with Gasteiger partial charge in [-0.15, -0.1) is 0 Å². The summed E-state index contributed by atoms with van der Waals surface area (Å²) in [6.45, 7) is 7.67. The van der Waals surface area contributed by atoms with E-state index in [0.717, 1.165) is 5.56 Å². The van der Waals surface area contributed by atoms with Gasteiger partial charge in [-0.3, -0.25) is 0 Å². The molecule has 0 bridgehead atoms. The molecule has 1 aromatic rings. The van der Waals surface area contributed by atoms with Crippen LogP contribution in [0.15, 0.2) is 24.3 Å². The maximum Gasteiger partial charge on any atom is 0.509 e. The van der Waals surface area contributed by atoms with Gasteiger partial charge in [0.2, 0.25) is 0 Å². The number of benzene rings is 1. The van der Waals surface area contributed by atoms with Crippen LogP contribution >= 0.6 is 0 Å². The van der Waals surface area contributed by atoms with Gasteiger partial charge in [-0.25, -0.2) is 4.79 Å². The lowest BCUT2D eigenvalue weighted by Gasteiger charge is -2.18. The summed E-state index contributed by atoms with van der Waals surface area (Å²) in [6, 6.07) is 7.82. The fraction of sp³-hybridized carbons (Fsp3) is 0.462. The Morgan fingerprint density at radius 2 is 1.75 bits per heavy atom. The molecule has 0 spiro atoms. The summed E-state index contributed by atoms with van der Waals surface area (Å²) >= 11 is 0. The molecule has 3 nitrogen and oxygen atoms in total. The van der Waals surface area contributed by atoms with Crippen LogP contribution in [0.1, 0.15) is 31.9 Å². The summed E-state index contributed by atoms with van der Waals surface area (Å²) in [4.78, 5) is 11.3. The zero-order valence-electron chi connectivity index (χ0n) is 10.2. The van der Waals surface area contributed by atoms with Crippen LogP contribution in [0, 0.1) is 6.92 Å². The molecule has 0 fully saturated rings. The van der Waals surface area contributed by atoms with Crippen molar-refractivity contribution in [2.75, 3.05) is 0 Å². The number of hydrogen-bond acceptors (Lipinski definition) is 3. The first-order valence-electron chi connectivity index (χ1n) is 5.28. The summed E-state index contributed by atoms with van der Waals surface area (Å²) < 4.78 is 10.0. The fourth-order valence-electron chi connectivity index (χ4n) is 1.11. The summed E-state index contributed by atoms with van der Waals surface area (Å²) in [6.07, 6.45) is -0.631. The number of ether oxygens (including phenoxy) is 2. The molecular weight excluding hydrogens is 204 g/mol. The average Bonchev–Trinajstić information content (AvgIpc) is 2.14. The van der Waals surface area contributed by atoms with E-state index in [9.17, 15) is 4.79 Å². The van der Waals surface area contributed by atoms with Crippen LogP contribution in [-0.2, 0) is 16.1 Å². The number of rotatable bonds is 2. The molecule has 0 radical (unpaired) electrons. The highest BCUT2D eigenvalue weighted by molar-refractivity contribution is 5.60. The van der Waals surface area contributed by atoms with Crippen molar-refractivity contribution in [3.05, 3.63) is 35.4 Å². The molecule has 0 unspecified atom stereocenters. The van der Waals surface area contributed by atoms with E-state index in [4.69, 9.17) is 9.47 Å². The van der Waals surface area contributed by atoms with Crippen molar-refractivity contribution in [3.8, 4) is 0 Å². The first kappa shape index (κ1) is 12.6. The number of carbonyl (C=O) groups excluding carboxylic acids is 1. The van der Waals surface area contributed by atoms with Crippen molar-refractivity contribution < 1.29 is 14.3 Å². The third-order valence-electron chi connectivity index (χ3n) is 1.87. The second kappa shape index (κ2) is 5.01. The molecule has 0 aliphatic carbocycles. The second-order valence-corrected chi connectivity index (χ2v) is 4.74. The molecule has 1 aromatic carbocycles. The van der Waals surface area contributed by atoms with Gasteiger partial charge >= 0.3 is 6.16 Å². The third-order valence-corrected chi connectivity index (χ3v) is 1.87. The monoisotopic (exact) mass is 222 g/mol. The normalized spacial score (nSPS) is 11.0. The van der Waals surface area contributed by atoms with Crippen molar-refractivity contribution in [3.63, 3.8) is 0 Å². The lowest BCUT2D eigenvalue weighted by Crippen LogP contribution is -2.24. The number of carbonyl (C=O) groups is 1. The molecule has 0 N–H and O–H groups in total. The second-order valence-electron chi connectivity index (χ2n) is 4.74. The first-order valence-corrected chi connectivity index (χ1v) is 5.28. The van der Waals surface area contributed by atoms with Crippen molar-refractivity contribution >= 4 is 6.16 Å². The standard InChI is InChI=1S/C13H18O3/c1-10-5-7-11(8-6-10)9-15-12(14)16-13(2,3)4/h5-8H,9H2,1-4H3. The molecular formula is C13H18O3. The Morgan fingerprint density at radius 1 is 1.19 bits per heavy atom. The van der Waals surface area contributed by atoms with Crippen LogP contribution in [0.25, 0.3) is 0 Å². The van der Waals surface area contributed by atoms with Gasteiger partial charge in [-0.2, -0.15) is 0 Å². The van der Waals surface area contributed by atoms with Gasteiger partial charge in [0.05, 0.1) is 0 Å². The molecule has 0 saturated carbocycles. The molecule has 0 atom stereocenters. The maximum atomic E-state index is 11.3. The predicted molar refractivity (Wildman–Crippen MR) is 62.2 cm³/mol. The summed E-state index contributed by atoms with van der Waals surface area (Å²) in [7, 11) is 0. The summed E-state index contributed by atoms with van der Waals surface area (Å²) in [5, 5.41) is 0. The minimum Gasteiger partial charge on any atom is -0.429 e. The van der Waals surface area contributed by atoms with Crippen LogP contribution < -0.4 is 0 Å². The highest BCUT2D eigenvalue weighted by Crippen LogP contribution is 2.10. The Hall–Kier alpha value is -1.51. The van der Waals surface area contributed by atoms with Gasteiger partial charge in [0.25, 0.3) is 0 Å². The van der Waals surface area contributed by atoms with Crippen LogP contribution in [0.4, 0.5) is 4.79 Å². The summed E-state index contributed by atoms with van der Waals surface area (Å²) in [5.41, 5.74) is 1.63. The van der Waals surface area contributed by atoms with E-state index in [1.807, 2.05) is 31.2 Å². The van der Waals surface area contributed by atoms with E-state index in [1.165, 1.54) is 5.56 Å². The Bertz CT molecular complexity index is 346. The molecule has 3 heteroatoms. The van der Waals surface area contributed by atoms with E-state index < -0.39 is 11.8 Å². The topological polar surface area (TPSA) is 35.5 Å². The van der Waals surface area contributed by atoms with Gasteiger partial charge in [0.15, 0.2) is 0 Å². The predicted octanol–water partition coefficient (Wildman–Crippen LogP) is 3.45. The van der Waals surface area contributed by atoms with Gasteiger partial charge in [0, 0.05) is 0 Å². The quantitative estimate of drug-likeness (QED) is 0.719. The molecule has 1 rings (SSSR count). The minimum atomic E-state index is -0.631. The Kier molecular flexibility index (Phi) is 3.93. The van der Waals surface area contributed by atoms with Crippen molar-refractivity contribution in [2.24, 2.45) is 0 Å².